The fourth-order valence-electron chi connectivity index (χ4n) is 1.06. The molecule has 5 nitrogen and oxygen atoms in total. The van der Waals surface area contributed by atoms with Crippen molar-refractivity contribution in [3.63, 3.8) is 0 Å². The Labute approximate surface area is 74.4 Å². The van der Waals surface area contributed by atoms with Gasteiger partial charge < -0.3 is 10.9 Å². The third kappa shape index (κ3) is 1.20. The lowest BCUT2D eigenvalue weighted by atomic mass is 10.2. The third-order valence-electron chi connectivity index (χ3n) is 1.67. The molecule has 0 saturated carbocycles. The SMILES string of the molecule is Nn1[c]nnc1-c1ccccc1O. The molecule has 5 heteroatoms. The molecular weight excluding hydrogens is 168 g/mol. The summed E-state index contributed by atoms with van der Waals surface area (Å²) in [5.74, 6) is 5.97. The summed E-state index contributed by atoms with van der Waals surface area (Å²) in [5, 5.41) is 16.7. The fraction of sp³-hybridized carbons (Fsp3) is 0. The van der Waals surface area contributed by atoms with Crippen molar-refractivity contribution in [2.75, 3.05) is 5.84 Å². The van der Waals surface area contributed by atoms with Gasteiger partial charge in [0.15, 0.2) is 5.82 Å². The Morgan fingerprint density at radius 2 is 2.15 bits per heavy atom. The number of phenols is 1. The summed E-state index contributed by atoms with van der Waals surface area (Å²) in [6.07, 6.45) is 2.42. The van der Waals surface area contributed by atoms with E-state index in [1.807, 2.05) is 0 Å². The molecule has 0 aliphatic carbocycles. The maximum atomic E-state index is 9.46. The first-order valence-corrected chi connectivity index (χ1v) is 3.65. The van der Waals surface area contributed by atoms with Gasteiger partial charge in [0, 0.05) is 0 Å². The lowest BCUT2D eigenvalue weighted by Gasteiger charge is -2.01. The summed E-state index contributed by atoms with van der Waals surface area (Å²) in [4.78, 5) is 0. The van der Waals surface area contributed by atoms with Crippen LogP contribution < -0.4 is 5.84 Å². The van der Waals surface area contributed by atoms with E-state index in [4.69, 9.17) is 5.84 Å². The molecule has 13 heavy (non-hydrogen) atoms. The Morgan fingerprint density at radius 3 is 2.77 bits per heavy atom. The molecule has 0 bridgehead atoms. The van der Waals surface area contributed by atoms with E-state index in [1.54, 1.807) is 24.3 Å². The molecule has 0 aliphatic heterocycles. The second-order valence-electron chi connectivity index (χ2n) is 2.51. The maximum absolute atomic E-state index is 9.46. The molecule has 0 fully saturated rings. The van der Waals surface area contributed by atoms with E-state index in [2.05, 4.69) is 16.5 Å². The third-order valence-corrected chi connectivity index (χ3v) is 1.67. The number of nitrogens with two attached hydrogens (primary N) is 1. The van der Waals surface area contributed by atoms with Crippen LogP contribution in [0.3, 0.4) is 0 Å². The predicted octanol–water partition coefficient (Wildman–Crippen LogP) is 0.165. The number of nitrogens with zero attached hydrogens (tertiary/aromatic N) is 3. The van der Waals surface area contributed by atoms with Crippen molar-refractivity contribution < 1.29 is 5.11 Å². The van der Waals surface area contributed by atoms with Gasteiger partial charge in [-0.1, -0.05) is 12.1 Å². The van der Waals surface area contributed by atoms with Crippen LogP contribution in [0.25, 0.3) is 11.4 Å². The Kier molecular flexibility index (Phi) is 1.63. The minimum absolute atomic E-state index is 0.121. The van der Waals surface area contributed by atoms with Crippen LogP contribution >= 0.6 is 0 Å². The number of para-hydroxylation sites is 1. The second kappa shape index (κ2) is 2.78. The largest absolute Gasteiger partial charge is 0.507 e. The second-order valence-corrected chi connectivity index (χ2v) is 2.51. The highest BCUT2D eigenvalue weighted by Gasteiger charge is 2.08. The van der Waals surface area contributed by atoms with Crippen molar-refractivity contribution in [1.82, 2.24) is 14.9 Å². The van der Waals surface area contributed by atoms with Crippen LogP contribution in [0.4, 0.5) is 0 Å². The van der Waals surface area contributed by atoms with Gasteiger partial charge in [0.1, 0.15) is 5.75 Å². The quantitative estimate of drug-likeness (QED) is 0.605. The molecule has 1 heterocycles. The van der Waals surface area contributed by atoms with E-state index in [9.17, 15) is 5.11 Å². The highest BCUT2D eigenvalue weighted by atomic mass is 16.3. The molecule has 0 atom stereocenters. The van der Waals surface area contributed by atoms with Gasteiger partial charge >= 0.3 is 0 Å². The molecule has 2 rings (SSSR count). The summed E-state index contributed by atoms with van der Waals surface area (Å²) in [7, 11) is 0. The number of nitrogen functional groups attached to an aromatic ring is 1. The Hall–Kier alpha value is -2.04. The van der Waals surface area contributed by atoms with E-state index in [1.165, 1.54) is 0 Å². The number of hydrogen-bond acceptors (Lipinski definition) is 4. The number of hydrogen-bond donors (Lipinski definition) is 2. The average molecular weight is 175 g/mol. The molecule has 0 amide bonds. The Balaban J connectivity index is 2.59. The first-order valence-electron chi connectivity index (χ1n) is 3.65. The minimum atomic E-state index is 0.121. The van der Waals surface area contributed by atoms with E-state index >= 15 is 0 Å². The predicted molar refractivity (Wildman–Crippen MR) is 46.1 cm³/mol. The van der Waals surface area contributed by atoms with Gasteiger partial charge in [-0.05, 0) is 12.1 Å². The summed E-state index contributed by atoms with van der Waals surface area (Å²) >= 11 is 0. The van der Waals surface area contributed by atoms with E-state index in [-0.39, 0.29) is 5.75 Å². The van der Waals surface area contributed by atoms with Crippen LogP contribution in [-0.4, -0.2) is 20.0 Å². The van der Waals surface area contributed by atoms with Gasteiger partial charge in [-0.25, -0.2) is 4.68 Å². The van der Waals surface area contributed by atoms with Gasteiger partial charge in [0.05, 0.1) is 5.56 Å². The Morgan fingerprint density at radius 1 is 1.38 bits per heavy atom. The van der Waals surface area contributed by atoms with Crippen molar-refractivity contribution in [1.29, 1.82) is 0 Å². The summed E-state index contributed by atoms with van der Waals surface area (Å²) in [6.45, 7) is 0. The molecule has 0 saturated heterocycles. The molecule has 1 aromatic heterocycles. The molecule has 3 N–H and O–H groups in total. The number of aromatic nitrogens is 3. The molecule has 0 spiro atoms. The molecule has 2 aromatic rings. The highest BCUT2D eigenvalue weighted by Crippen LogP contribution is 2.25. The summed E-state index contributed by atoms with van der Waals surface area (Å²) in [5.41, 5.74) is 0.541. The van der Waals surface area contributed by atoms with Crippen LogP contribution in [0.15, 0.2) is 24.3 Å². The summed E-state index contributed by atoms with van der Waals surface area (Å²) < 4.78 is 1.13. The van der Waals surface area contributed by atoms with Gasteiger partial charge in [0.25, 0.3) is 0 Å². The molecule has 1 aromatic carbocycles. The van der Waals surface area contributed by atoms with E-state index in [0.29, 0.717) is 11.4 Å². The highest BCUT2D eigenvalue weighted by molar-refractivity contribution is 5.63. The Bertz CT molecular complexity index is 424. The zero-order valence-corrected chi connectivity index (χ0v) is 6.68. The van der Waals surface area contributed by atoms with Crippen LogP contribution in [-0.2, 0) is 0 Å². The number of rotatable bonds is 1. The van der Waals surface area contributed by atoms with Crippen molar-refractivity contribution in [2.24, 2.45) is 0 Å². The van der Waals surface area contributed by atoms with Crippen LogP contribution in [0.5, 0.6) is 5.75 Å². The molecular formula is C8H7N4O. The van der Waals surface area contributed by atoms with Gasteiger partial charge in [0.2, 0.25) is 6.33 Å². The lowest BCUT2D eigenvalue weighted by Crippen LogP contribution is -2.08. The number of benzene rings is 1. The zero-order chi connectivity index (χ0) is 9.26. The van der Waals surface area contributed by atoms with Crippen molar-refractivity contribution in [3.8, 4) is 17.1 Å². The molecule has 0 aliphatic rings. The monoisotopic (exact) mass is 175 g/mol. The first kappa shape index (κ1) is 7.60. The topological polar surface area (TPSA) is 77.0 Å². The zero-order valence-electron chi connectivity index (χ0n) is 6.68. The maximum Gasteiger partial charge on any atom is 0.222 e. The lowest BCUT2D eigenvalue weighted by molar-refractivity contribution is 0.476. The fourth-order valence-corrected chi connectivity index (χ4v) is 1.06. The van der Waals surface area contributed by atoms with Gasteiger partial charge in [-0.2, -0.15) is 0 Å². The van der Waals surface area contributed by atoms with Gasteiger partial charge in [-0.3, -0.25) is 0 Å². The number of aromatic hydroxyl groups is 1. The van der Waals surface area contributed by atoms with Crippen LogP contribution in [0.2, 0.25) is 0 Å². The van der Waals surface area contributed by atoms with E-state index in [0.717, 1.165) is 4.68 Å². The number of phenolic OH excluding ortho intramolecular Hbond substituents is 1. The van der Waals surface area contributed by atoms with Crippen LogP contribution in [0.1, 0.15) is 0 Å². The normalized spacial score (nSPS) is 10.2. The molecule has 0 unspecified atom stereocenters. The van der Waals surface area contributed by atoms with Crippen molar-refractivity contribution >= 4 is 0 Å². The van der Waals surface area contributed by atoms with Crippen molar-refractivity contribution in [3.05, 3.63) is 30.6 Å². The average Bonchev–Trinajstić information content (AvgIpc) is 2.52. The van der Waals surface area contributed by atoms with Gasteiger partial charge in [-0.15, -0.1) is 10.2 Å². The van der Waals surface area contributed by atoms with Crippen LogP contribution in [0, 0.1) is 6.33 Å². The first-order chi connectivity index (χ1) is 6.29. The molecule has 1 radical (unpaired) electrons. The standard InChI is InChI=1S/C8H7N4O/c9-12-5-10-11-8(12)6-3-1-2-4-7(6)13/h1-4,13H,9H2. The smallest absolute Gasteiger partial charge is 0.222 e. The van der Waals surface area contributed by atoms with E-state index < -0.39 is 0 Å². The molecule has 65 valence electrons. The van der Waals surface area contributed by atoms with Crippen molar-refractivity contribution in [2.45, 2.75) is 0 Å². The summed E-state index contributed by atoms with van der Waals surface area (Å²) in [6, 6.07) is 6.77. The minimum Gasteiger partial charge on any atom is -0.507 e.